The Morgan fingerprint density at radius 1 is 0.944 bits per heavy atom. The van der Waals surface area contributed by atoms with Gasteiger partial charge in [-0.3, -0.25) is 9.59 Å². The number of rotatable bonds is 2. The smallest absolute Gasteiger partial charge is 0.744 e. The molecule has 0 spiro atoms. The van der Waals surface area contributed by atoms with Gasteiger partial charge in [-0.15, -0.1) is 0 Å². The molecule has 0 fully saturated rings. The van der Waals surface area contributed by atoms with E-state index in [2.05, 4.69) is 0 Å². The SMILES string of the molecule is O=C1C=CC(=O)N1c1ccc(S(=O)(=O)[O-])cc1.[Na+]. The number of benzene rings is 1. The van der Waals surface area contributed by atoms with Crippen LogP contribution in [0.2, 0.25) is 0 Å². The maximum absolute atomic E-state index is 11.3. The number of hydrogen-bond donors (Lipinski definition) is 0. The van der Waals surface area contributed by atoms with Crippen LogP contribution in [0.5, 0.6) is 0 Å². The van der Waals surface area contributed by atoms with Crippen LogP contribution < -0.4 is 34.5 Å². The predicted octanol–water partition coefficient (Wildman–Crippen LogP) is -2.98. The van der Waals surface area contributed by atoms with Gasteiger partial charge in [0.1, 0.15) is 10.1 Å². The van der Waals surface area contributed by atoms with Crippen LogP contribution in [0.15, 0.2) is 41.3 Å². The molecule has 18 heavy (non-hydrogen) atoms. The summed E-state index contributed by atoms with van der Waals surface area (Å²) in [6.45, 7) is 0. The number of nitrogens with zero attached hydrogens (tertiary/aromatic N) is 1. The molecule has 0 radical (unpaired) electrons. The molecule has 0 unspecified atom stereocenters. The van der Waals surface area contributed by atoms with Crippen LogP contribution in [0.25, 0.3) is 0 Å². The average Bonchev–Trinajstić information content (AvgIpc) is 2.58. The summed E-state index contributed by atoms with van der Waals surface area (Å²) in [7, 11) is -4.52. The van der Waals surface area contributed by atoms with Crippen LogP contribution in [-0.2, 0) is 19.7 Å². The minimum Gasteiger partial charge on any atom is -0.744 e. The van der Waals surface area contributed by atoms with Crippen molar-refractivity contribution in [2.75, 3.05) is 4.90 Å². The van der Waals surface area contributed by atoms with Crippen molar-refractivity contribution in [3.63, 3.8) is 0 Å². The van der Waals surface area contributed by atoms with Gasteiger partial charge in [0.25, 0.3) is 11.8 Å². The van der Waals surface area contributed by atoms with Crippen molar-refractivity contribution >= 4 is 27.6 Å². The quantitative estimate of drug-likeness (QED) is 0.326. The Morgan fingerprint density at radius 3 is 1.78 bits per heavy atom. The Balaban J connectivity index is 0.00000162. The monoisotopic (exact) mass is 275 g/mol. The van der Waals surface area contributed by atoms with Crippen LogP contribution in [0.4, 0.5) is 5.69 Å². The summed E-state index contributed by atoms with van der Waals surface area (Å²) < 4.78 is 32.0. The van der Waals surface area contributed by atoms with Gasteiger partial charge >= 0.3 is 29.6 Å². The maximum Gasteiger partial charge on any atom is 1.00 e. The van der Waals surface area contributed by atoms with E-state index in [-0.39, 0.29) is 35.2 Å². The average molecular weight is 275 g/mol. The predicted molar refractivity (Wildman–Crippen MR) is 56.0 cm³/mol. The minimum absolute atomic E-state index is 0. The molecular formula is C10H6NNaO5S. The standard InChI is InChI=1S/C10H7NO5S.Na/c12-9-5-6-10(13)11(9)7-1-3-8(4-2-7)17(14,15)16;/h1-6H,(H,14,15,16);/q;+1/p-1. The van der Waals surface area contributed by atoms with Gasteiger partial charge in [0, 0.05) is 12.2 Å². The Morgan fingerprint density at radius 2 is 1.39 bits per heavy atom. The second-order valence-corrected chi connectivity index (χ2v) is 4.67. The van der Waals surface area contributed by atoms with E-state index in [0.717, 1.165) is 29.2 Å². The molecular weight excluding hydrogens is 269 g/mol. The Kier molecular flexibility index (Phi) is 4.46. The Labute approximate surface area is 125 Å². The van der Waals surface area contributed by atoms with Gasteiger partial charge in [-0.1, -0.05) is 0 Å². The zero-order valence-electron chi connectivity index (χ0n) is 9.36. The molecule has 0 bridgehead atoms. The molecule has 1 aromatic rings. The van der Waals surface area contributed by atoms with Gasteiger partial charge in [-0.05, 0) is 24.3 Å². The van der Waals surface area contributed by atoms with E-state index in [0.29, 0.717) is 0 Å². The third kappa shape index (κ3) is 2.88. The van der Waals surface area contributed by atoms with Crippen molar-refractivity contribution in [1.29, 1.82) is 0 Å². The fraction of sp³-hybridized carbons (Fsp3) is 0. The summed E-state index contributed by atoms with van der Waals surface area (Å²) in [6, 6.07) is 4.56. The molecule has 0 aliphatic carbocycles. The number of carbonyl (C=O) groups excluding carboxylic acids is 2. The van der Waals surface area contributed by atoms with E-state index in [1.165, 1.54) is 12.1 Å². The fourth-order valence-corrected chi connectivity index (χ4v) is 1.89. The molecule has 0 saturated carbocycles. The first-order chi connectivity index (χ1) is 7.89. The van der Waals surface area contributed by atoms with Gasteiger partial charge in [0.05, 0.1) is 10.6 Å². The summed E-state index contributed by atoms with van der Waals surface area (Å²) in [5, 5.41) is 0. The summed E-state index contributed by atoms with van der Waals surface area (Å²) in [5.41, 5.74) is 0.220. The summed E-state index contributed by atoms with van der Waals surface area (Å²) in [5.74, 6) is -1.01. The van der Waals surface area contributed by atoms with E-state index in [1.807, 2.05) is 0 Å². The molecule has 1 aromatic carbocycles. The molecule has 0 atom stereocenters. The van der Waals surface area contributed by atoms with Crippen molar-refractivity contribution in [1.82, 2.24) is 0 Å². The largest absolute Gasteiger partial charge is 1.00 e. The van der Waals surface area contributed by atoms with E-state index in [1.54, 1.807) is 0 Å². The first-order valence-corrected chi connectivity index (χ1v) is 5.92. The van der Waals surface area contributed by atoms with Crippen molar-refractivity contribution in [2.24, 2.45) is 0 Å². The summed E-state index contributed by atoms with van der Waals surface area (Å²) in [6.07, 6.45) is 2.22. The van der Waals surface area contributed by atoms with Crippen LogP contribution in [0.1, 0.15) is 0 Å². The number of imide groups is 1. The molecule has 88 valence electrons. The number of carbonyl (C=O) groups is 2. The molecule has 1 aliphatic heterocycles. The zero-order chi connectivity index (χ0) is 12.6. The van der Waals surface area contributed by atoms with Gasteiger partial charge < -0.3 is 4.55 Å². The first kappa shape index (κ1) is 15.1. The van der Waals surface area contributed by atoms with Crippen LogP contribution in [-0.4, -0.2) is 24.8 Å². The number of amides is 2. The molecule has 8 heteroatoms. The number of anilines is 1. The van der Waals surface area contributed by atoms with Crippen LogP contribution >= 0.6 is 0 Å². The maximum atomic E-state index is 11.3. The Bertz CT molecular complexity index is 602. The topological polar surface area (TPSA) is 94.6 Å². The second kappa shape index (κ2) is 5.33. The molecule has 0 N–H and O–H groups in total. The molecule has 0 saturated heterocycles. The molecule has 6 nitrogen and oxygen atoms in total. The third-order valence-electron chi connectivity index (χ3n) is 2.19. The van der Waals surface area contributed by atoms with Crippen LogP contribution in [0.3, 0.4) is 0 Å². The number of hydrogen-bond acceptors (Lipinski definition) is 5. The van der Waals surface area contributed by atoms with E-state index in [9.17, 15) is 22.6 Å². The van der Waals surface area contributed by atoms with E-state index in [4.69, 9.17) is 0 Å². The van der Waals surface area contributed by atoms with Crippen molar-refractivity contribution < 1.29 is 52.1 Å². The van der Waals surface area contributed by atoms with Gasteiger partial charge in [-0.25, -0.2) is 13.3 Å². The Hall–Kier alpha value is -0.990. The van der Waals surface area contributed by atoms with Crippen LogP contribution in [0, 0.1) is 0 Å². The third-order valence-corrected chi connectivity index (χ3v) is 3.04. The van der Waals surface area contributed by atoms with Gasteiger partial charge in [0.15, 0.2) is 0 Å². The van der Waals surface area contributed by atoms with Crippen molar-refractivity contribution in [3.8, 4) is 0 Å². The second-order valence-electron chi connectivity index (χ2n) is 3.29. The first-order valence-electron chi connectivity index (χ1n) is 4.52. The molecule has 1 aliphatic rings. The molecule has 2 rings (SSSR count). The normalized spacial score (nSPS) is 14.8. The van der Waals surface area contributed by atoms with E-state index >= 15 is 0 Å². The summed E-state index contributed by atoms with van der Waals surface area (Å²) >= 11 is 0. The van der Waals surface area contributed by atoms with E-state index < -0.39 is 26.8 Å². The zero-order valence-corrected chi connectivity index (χ0v) is 12.2. The summed E-state index contributed by atoms with van der Waals surface area (Å²) in [4.78, 5) is 23.1. The molecule has 2 amide bonds. The molecule has 0 aromatic heterocycles. The fourth-order valence-electron chi connectivity index (χ4n) is 1.42. The molecule has 1 heterocycles. The minimum atomic E-state index is -4.52. The van der Waals surface area contributed by atoms with Crippen molar-refractivity contribution in [3.05, 3.63) is 36.4 Å². The van der Waals surface area contributed by atoms with Crippen molar-refractivity contribution in [2.45, 2.75) is 4.90 Å². The van der Waals surface area contributed by atoms with Gasteiger partial charge in [0.2, 0.25) is 0 Å². The van der Waals surface area contributed by atoms with Gasteiger partial charge in [-0.2, -0.15) is 0 Å².